The lowest BCUT2D eigenvalue weighted by Gasteiger charge is -2.26. The van der Waals surface area contributed by atoms with Gasteiger partial charge in [0.2, 0.25) is 0 Å². The third-order valence-corrected chi connectivity index (χ3v) is 6.20. The number of likely N-dealkylation sites (tertiary alicyclic amines) is 1. The van der Waals surface area contributed by atoms with E-state index in [9.17, 15) is 14.7 Å². The summed E-state index contributed by atoms with van der Waals surface area (Å²) in [5.41, 5.74) is 2.87. The number of hydrogen-bond donors (Lipinski definition) is 1. The molecule has 1 saturated heterocycles. The van der Waals surface area contributed by atoms with Crippen molar-refractivity contribution < 1.29 is 24.2 Å². The largest absolute Gasteiger partial charge is 0.507 e. The Kier molecular flexibility index (Phi) is 7.12. The average molecular weight is 492 g/mol. The number of methoxy groups -OCH3 is 1. The van der Waals surface area contributed by atoms with Crippen molar-refractivity contribution in [2.75, 3.05) is 13.7 Å². The van der Waals surface area contributed by atoms with Crippen LogP contribution in [0.15, 0.2) is 72.3 Å². The van der Waals surface area contributed by atoms with Gasteiger partial charge in [0.15, 0.2) is 0 Å². The van der Waals surface area contributed by atoms with Crippen LogP contribution in [0, 0.1) is 6.92 Å². The van der Waals surface area contributed by atoms with Gasteiger partial charge in [-0.3, -0.25) is 9.59 Å². The first-order valence-corrected chi connectivity index (χ1v) is 11.6. The quantitative estimate of drug-likeness (QED) is 0.261. The summed E-state index contributed by atoms with van der Waals surface area (Å²) in [7, 11) is 1.57. The minimum atomic E-state index is -0.771. The number of carbonyl (C=O) groups is 2. The summed E-state index contributed by atoms with van der Waals surface area (Å²) >= 11 is 6.21. The predicted molar refractivity (Wildman–Crippen MR) is 135 cm³/mol. The molecule has 1 N–H and O–H groups in total. The summed E-state index contributed by atoms with van der Waals surface area (Å²) in [5.74, 6) is -0.669. The van der Waals surface area contributed by atoms with Crippen molar-refractivity contribution in [2.24, 2.45) is 0 Å². The van der Waals surface area contributed by atoms with Gasteiger partial charge in [0.05, 0.1) is 30.4 Å². The van der Waals surface area contributed by atoms with E-state index in [1.807, 2.05) is 62.4 Å². The number of aryl methyl sites for hydroxylation is 1. The lowest BCUT2D eigenvalue weighted by atomic mass is 9.94. The molecule has 0 aliphatic carbocycles. The van der Waals surface area contributed by atoms with Crippen molar-refractivity contribution in [3.05, 3.63) is 99.6 Å². The highest BCUT2D eigenvalue weighted by Gasteiger charge is 2.46. The van der Waals surface area contributed by atoms with E-state index in [1.165, 1.54) is 4.90 Å². The summed E-state index contributed by atoms with van der Waals surface area (Å²) in [6.45, 7) is 4.32. The van der Waals surface area contributed by atoms with Gasteiger partial charge in [-0.15, -0.1) is 0 Å². The van der Waals surface area contributed by atoms with Crippen LogP contribution in [0.4, 0.5) is 0 Å². The molecule has 7 heteroatoms. The number of carbonyl (C=O) groups excluding carboxylic acids is 2. The van der Waals surface area contributed by atoms with Crippen LogP contribution in [0.2, 0.25) is 5.02 Å². The zero-order valence-corrected chi connectivity index (χ0v) is 20.5. The smallest absolute Gasteiger partial charge is 0.295 e. The topological polar surface area (TPSA) is 76.1 Å². The second-order valence-electron chi connectivity index (χ2n) is 8.27. The number of halogens is 1. The molecule has 1 amide bonds. The van der Waals surface area contributed by atoms with Gasteiger partial charge in [-0.25, -0.2) is 0 Å². The van der Waals surface area contributed by atoms with Crippen molar-refractivity contribution in [3.63, 3.8) is 0 Å². The molecule has 180 valence electrons. The number of hydrogen-bond acceptors (Lipinski definition) is 5. The van der Waals surface area contributed by atoms with Crippen molar-refractivity contribution in [1.29, 1.82) is 0 Å². The first-order valence-electron chi connectivity index (χ1n) is 11.2. The summed E-state index contributed by atoms with van der Waals surface area (Å²) in [5, 5.41) is 11.7. The maximum atomic E-state index is 13.3. The Balaban J connectivity index is 1.86. The SMILES string of the molecule is CCOc1cc(/C(O)=C2/C(=O)C(=O)N(Cc3cccc(OC)c3)C2c2cccc(C)c2)ccc1Cl. The third kappa shape index (κ3) is 4.88. The molecular weight excluding hydrogens is 466 g/mol. The monoisotopic (exact) mass is 491 g/mol. The van der Waals surface area contributed by atoms with Gasteiger partial charge in [0.25, 0.3) is 11.7 Å². The molecule has 1 heterocycles. The van der Waals surface area contributed by atoms with Crippen LogP contribution in [0.25, 0.3) is 5.76 Å². The third-order valence-electron chi connectivity index (χ3n) is 5.89. The normalized spacial score (nSPS) is 17.0. The van der Waals surface area contributed by atoms with E-state index >= 15 is 0 Å². The first-order chi connectivity index (χ1) is 16.8. The molecular formula is C28H26ClNO5. The molecule has 35 heavy (non-hydrogen) atoms. The average Bonchev–Trinajstić information content (AvgIpc) is 3.10. The van der Waals surface area contributed by atoms with E-state index in [4.69, 9.17) is 21.1 Å². The van der Waals surface area contributed by atoms with Gasteiger partial charge >= 0.3 is 0 Å². The van der Waals surface area contributed by atoms with E-state index in [0.29, 0.717) is 28.7 Å². The number of Topliss-reactive ketones (excluding diaryl/α,β-unsaturated/α-hetero) is 1. The van der Waals surface area contributed by atoms with Crippen LogP contribution in [0.5, 0.6) is 11.5 Å². The number of benzene rings is 3. The molecule has 0 aromatic heterocycles. The minimum Gasteiger partial charge on any atom is -0.507 e. The van der Waals surface area contributed by atoms with Crippen LogP contribution in [-0.2, 0) is 16.1 Å². The van der Waals surface area contributed by atoms with Crippen molar-refractivity contribution in [2.45, 2.75) is 26.4 Å². The molecule has 6 nitrogen and oxygen atoms in total. The van der Waals surface area contributed by atoms with E-state index in [2.05, 4.69) is 0 Å². The molecule has 0 spiro atoms. The number of aliphatic hydroxyl groups is 1. The van der Waals surface area contributed by atoms with Gasteiger partial charge in [-0.05, 0) is 55.3 Å². The van der Waals surface area contributed by atoms with Crippen molar-refractivity contribution in [3.8, 4) is 11.5 Å². The summed E-state index contributed by atoms with van der Waals surface area (Å²) < 4.78 is 10.9. The number of ether oxygens (including phenoxy) is 2. The number of nitrogens with zero attached hydrogens (tertiary/aromatic N) is 1. The molecule has 1 aliphatic rings. The molecule has 0 saturated carbocycles. The van der Waals surface area contributed by atoms with Crippen LogP contribution in [-0.4, -0.2) is 35.4 Å². The minimum absolute atomic E-state index is 0.0215. The fourth-order valence-corrected chi connectivity index (χ4v) is 4.44. The maximum Gasteiger partial charge on any atom is 0.295 e. The van der Waals surface area contributed by atoms with Gasteiger partial charge in [0, 0.05) is 12.1 Å². The fraction of sp³-hybridized carbons (Fsp3) is 0.214. The summed E-state index contributed by atoms with van der Waals surface area (Å²) in [6, 6.07) is 18.9. The molecule has 1 atom stereocenters. The second kappa shape index (κ2) is 10.2. The molecule has 0 radical (unpaired) electrons. The van der Waals surface area contributed by atoms with Gasteiger partial charge in [-0.2, -0.15) is 0 Å². The Morgan fingerprint density at radius 2 is 1.83 bits per heavy atom. The Bertz CT molecular complexity index is 1320. The van der Waals surface area contributed by atoms with Crippen LogP contribution in [0.3, 0.4) is 0 Å². The first kappa shape index (κ1) is 24.4. The van der Waals surface area contributed by atoms with Crippen molar-refractivity contribution in [1.82, 2.24) is 4.90 Å². The van der Waals surface area contributed by atoms with Crippen LogP contribution in [0.1, 0.15) is 35.2 Å². The molecule has 3 aromatic rings. The Morgan fingerprint density at radius 1 is 1.06 bits per heavy atom. The molecule has 4 rings (SSSR count). The maximum absolute atomic E-state index is 13.3. The Labute approximate surface area is 209 Å². The lowest BCUT2D eigenvalue weighted by molar-refractivity contribution is -0.140. The Hall–Kier alpha value is -3.77. The lowest BCUT2D eigenvalue weighted by Crippen LogP contribution is -2.29. The summed E-state index contributed by atoms with van der Waals surface area (Å²) in [6.07, 6.45) is 0. The zero-order valence-electron chi connectivity index (χ0n) is 19.7. The number of ketones is 1. The van der Waals surface area contributed by atoms with Gasteiger partial charge in [-0.1, -0.05) is 53.6 Å². The molecule has 1 unspecified atom stereocenters. The predicted octanol–water partition coefficient (Wildman–Crippen LogP) is 5.68. The summed E-state index contributed by atoms with van der Waals surface area (Å²) in [4.78, 5) is 28.0. The van der Waals surface area contributed by atoms with E-state index < -0.39 is 17.7 Å². The van der Waals surface area contributed by atoms with E-state index in [0.717, 1.165) is 16.7 Å². The molecule has 0 bridgehead atoms. The second-order valence-corrected chi connectivity index (χ2v) is 8.68. The number of aliphatic hydroxyl groups excluding tert-OH is 1. The molecule has 1 aliphatic heterocycles. The highest BCUT2D eigenvalue weighted by atomic mass is 35.5. The number of amides is 1. The van der Waals surface area contributed by atoms with Crippen molar-refractivity contribution >= 4 is 29.1 Å². The Morgan fingerprint density at radius 3 is 2.54 bits per heavy atom. The molecule has 3 aromatic carbocycles. The standard InChI is InChI=1S/C28H26ClNO5/c1-4-35-23-15-20(11-12-22(23)29)26(31)24-25(19-9-5-7-17(2)13-19)30(28(33)27(24)32)16-18-8-6-10-21(14-18)34-3/h5-15,25,31H,4,16H2,1-3H3/b26-24-. The zero-order chi connectivity index (χ0) is 25.1. The molecule has 1 fully saturated rings. The van der Waals surface area contributed by atoms with Crippen LogP contribution >= 0.6 is 11.6 Å². The van der Waals surface area contributed by atoms with Gasteiger partial charge < -0.3 is 19.5 Å². The van der Waals surface area contributed by atoms with E-state index in [-0.39, 0.29) is 17.9 Å². The fourth-order valence-electron chi connectivity index (χ4n) is 4.27. The number of rotatable bonds is 7. The van der Waals surface area contributed by atoms with E-state index in [1.54, 1.807) is 25.3 Å². The van der Waals surface area contributed by atoms with Gasteiger partial charge in [0.1, 0.15) is 17.3 Å². The van der Waals surface area contributed by atoms with Crippen LogP contribution < -0.4 is 9.47 Å². The highest BCUT2D eigenvalue weighted by Crippen LogP contribution is 2.41. The highest BCUT2D eigenvalue weighted by molar-refractivity contribution is 6.46.